The lowest BCUT2D eigenvalue weighted by Gasteiger charge is -2.12. The number of phenolic OH excluding ortho intramolecular Hbond substituents is 3. The van der Waals surface area contributed by atoms with Crippen LogP contribution in [0.2, 0.25) is 0 Å². The van der Waals surface area contributed by atoms with Gasteiger partial charge < -0.3 is 15.3 Å². The Balaban J connectivity index is 2.69. The van der Waals surface area contributed by atoms with Crippen molar-refractivity contribution in [3.05, 3.63) is 41.0 Å². The van der Waals surface area contributed by atoms with E-state index >= 15 is 0 Å². The largest absolute Gasteiger partial charge is 0.508 e. The topological polar surface area (TPSA) is 60.7 Å². The maximum Gasteiger partial charge on any atom is 0.127 e. The molecule has 3 nitrogen and oxygen atoms in total. The third-order valence-electron chi connectivity index (χ3n) is 3.22. The summed E-state index contributed by atoms with van der Waals surface area (Å²) < 4.78 is 0. The van der Waals surface area contributed by atoms with Crippen molar-refractivity contribution in [1.82, 2.24) is 0 Å². The van der Waals surface area contributed by atoms with Gasteiger partial charge in [0, 0.05) is 17.2 Å². The van der Waals surface area contributed by atoms with Gasteiger partial charge in [-0.15, -0.1) is 0 Å². The molecule has 0 aliphatic rings. The van der Waals surface area contributed by atoms with Crippen LogP contribution in [0.15, 0.2) is 24.3 Å². The molecule has 0 aromatic heterocycles. The lowest BCUT2D eigenvalue weighted by molar-refractivity contribution is 0.447. The monoisotopic (exact) mass is 244 g/mol. The minimum atomic E-state index is -0.0448. The van der Waals surface area contributed by atoms with Gasteiger partial charge in [-0.25, -0.2) is 0 Å². The fraction of sp³-hybridized carbons (Fsp3) is 0.200. The van der Waals surface area contributed by atoms with Crippen LogP contribution in [-0.4, -0.2) is 15.3 Å². The van der Waals surface area contributed by atoms with Crippen LogP contribution in [-0.2, 0) is 0 Å². The number of hydrogen-bond donors (Lipinski definition) is 3. The fourth-order valence-electron chi connectivity index (χ4n) is 1.92. The van der Waals surface area contributed by atoms with Crippen LogP contribution in [0.3, 0.4) is 0 Å². The van der Waals surface area contributed by atoms with E-state index < -0.39 is 0 Å². The third kappa shape index (κ3) is 1.99. The number of rotatable bonds is 1. The molecule has 0 heterocycles. The lowest BCUT2D eigenvalue weighted by atomic mass is 9.97. The molecule has 0 unspecified atom stereocenters. The van der Waals surface area contributed by atoms with Crippen LogP contribution < -0.4 is 0 Å². The minimum Gasteiger partial charge on any atom is -0.508 e. The first kappa shape index (κ1) is 12.3. The molecule has 3 N–H and O–H groups in total. The molecule has 0 aliphatic heterocycles. The van der Waals surface area contributed by atoms with Crippen LogP contribution in [0.4, 0.5) is 0 Å². The van der Waals surface area contributed by atoms with Gasteiger partial charge in [-0.3, -0.25) is 0 Å². The van der Waals surface area contributed by atoms with Gasteiger partial charge in [0.05, 0.1) is 0 Å². The van der Waals surface area contributed by atoms with Crippen LogP contribution in [0.25, 0.3) is 11.1 Å². The second-order valence-corrected chi connectivity index (χ2v) is 4.61. The normalized spacial score (nSPS) is 10.6. The fourth-order valence-corrected chi connectivity index (χ4v) is 1.92. The molecule has 0 atom stereocenters. The van der Waals surface area contributed by atoms with Gasteiger partial charge in [-0.1, -0.05) is 0 Å². The zero-order chi connectivity index (χ0) is 13.4. The van der Waals surface area contributed by atoms with Crippen LogP contribution in [0.1, 0.15) is 16.7 Å². The van der Waals surface area contributed by atoms with Crippen molar-refractivity contribution < 1.29 is 15.3 Å². The second kappa shape index (κ2) is 4.26. The van der Waals surface area contributed by atoms with Gasteiger partial charge in [-0.05, 0) is 55.7 Å². The van der Waals surface area contributed by atoms with Gasteiger partial charge in [0.2, 0.25) is 0 Å². The van der Waals surface area contributed by atoms with Crippen molar-refractivity contribution in [3.63, 3.8) is 0 Å². The molecule has 2 aromatic rings. The number of aromatic hydroxyl groups is 3. The highest BCUT2D eigenvalue weighted by Crippen LogP contribution is 2.39. The highest BCUT2D eigenvalue weighted by Gasteiger charge is 2.13. The van der Waals surface area contributed by atoms with E-state index in [-0.39, 0.29) is 17.2 Å². The van der Waals surface area contributed by atoms with E-state index in [9.17, 15) is 15.3 Å². The summed E-state index contributed by atoms with van der Waals surface area (Å²) in [6.45, 7) is 5.61. The summed E-state index contributed by atoms with van der Waals surface area (Å²) in [5.41, 5.74) is 3.77. The second-order valence-electron chi connectivity index (χ2n) is 4.61. The number of benzene rings is 2. The summed E-state index contributed by atoms with van der Waals surface area (Å²) in [6, 6.07) is 6.45. The van der Waals surface area contributed by atoms with E-state index in [1.54, 1.807) is 19.1 Å². The smallest absolute Gasteiger partial charge is 0.127 e. The summed E-state index contributed by atoms with van der Waals surface area (Å²) in [5.74, 6) is 0.120. The van der Waals surface area contributed by atoms with Crippen molar-refractivity contribution in [3.8, 4) is 28.4 Å². The van der Waals surface area contributed by atoms with E-state index in [0.717, 1.165) is 11.1 Å². The predicted molar refractivity (Wildman–Crippen MR) is 71.1 cm³/mol. The minimum absolute atomic E-state index is 0.0413. The van der Waals surface area contributed by atoms with Crippen molar-refractivity contribution >= 4 is 0 Å². The number of aryl methyl sites for hydroxylation is 3. The van der Waals surface area contributed by atoms with Gasteiger partial charge in [0.1, 0.15) is 17.2 Å². The molecular formula is C15H16O3. The molecule has 94 valence electrons. The summed E-state index contributed by atoms with van der Waals surface area (Å²) >= 11 is 0. The summed E-state index contributed by atoms with van der Waals surface area (Å²) in [7, 11) is 0. The molecular weight excluding hydrogens is 228 g/mol. The summed E-state index contributed by atoms with van der Waals surface area (Å²) in [4.78, 5) is 0. The Morgan fingerprint density at radius 1 is 0.556 bits per heavy atom. The highest BCUT2D eigenvalue weighted by molar-refractivity contribution is 5.77. The van der Waals surface area contributed by atoms with Crippen molar-refractivity contribution in [2.75, 3.05) is 0 Å². The Morgan fingerprint density at radius 3 is 1.61 bits per heavy atom. The molecule has 0 saturated carbocycles. The lowest BCUT2D eigenvalue weighted by Crippen LogP contribution is -1.87. The first-order valence-corrected chi connectivity index (χ1v) is 5.73. The average Bonchev–Trinajstić information content (AvgIpc) is 2.29. The Hall–Kier alpha value is -2.16. The maximum atomic E-state index is 9.98. The number of phenols is 3. The molecule has 0 amide bonds. The molecule has 2 aromatic carbocycles. The highest BCUT2D eigenvalue weighted by atomic mass is 16.3. The zero-order valence-corrected chi connectivity index (χ0v) is 10.7. The molecule has 2 rings (SSSR count). The van der Waals surface area contributed by atoms with E-state index in [0.29, 0.717) is 16.7 Å². The van der Waals surface area contributed by atoms with E-state index in [2.05, 4.69) is 0 Å². The van der Waals surface area contributed by atoms with Crippen LogP contribution >= 0.6 is 0 Å². The van der Waals surface area contributed by atoms with Gasteiger partial charge >= 0.3 is 0 Å². The SMILES string of the molecule is Cc1cc(O)c(-c2cc(C)c(O)cc2O)cc1C. The zero-order valence-electron chi connectivity index (χ0n) is 10.7. The van der Waals surface area contributed by atoms with Crippen LogP contribution in [0, 0.1) is 20.8 Å². The standard InChI is InChI=1S/C15H16O3/c1-8-4-11(14(17)6-9(8)2)12-5-10(3)13(16)7-15(12)18/h4-7,16-18H,1-3H3. The molecule has 0 bridgehead atoms. The third-order valence-corrected chi connectivity index (χ3v) is 3.22. The first-order valence-electron chi connectivity index (χ1n) is 5.73. The van der Waals surface area contributed by atoms with Crippen LogP contribution in [0.5, 0.6) is 17.2 Å². The molecule has 3 heteroatoms. The summed E-state index contributed by atoms with van der Waals surface area (Å²) in [5, 5.41) is 29.4. The molecule has 0 radical (unpaired) electrons. The molecule has 0 fully saturated rings. The van der Waals surface area contributed by atoms with Gasteiger partial charge in [-0.2, -0.15) is 0 Å². The van der Waals surface area contributed by atoms with Gasteiger partial charge in [0.25, 0.3) is 0 Å². The molecule has 0 aliphatic carbocycles. The Kier molecular flexibility index (Phi) is 2.91. The van der Waals surface area contributed by atoms with Crippen molar-refractivity contribution in [2.45, 2.75) is 20.8 Å². The van der Waals surface area contributed by atoms with Gasteiger partial charge in [0.15, 0.2) is 0 Å². The first-order chi connectivity index (χ1) is 8.40. The Bertz CT molecular complexity index is 560. The van der Waals surface area contributed by atoms with Crippen molar-refractivity contribution in [1.29, 1.82) is 0 Å². The quantitative estimate of drug-likeness (QED) is 0.720. The summed E-state index contributed by atoms with van der Waals surface area (Å²) in [6.07, 6.45) is 0. The van der Waals surface area contributed by atoms with E-state index in [1.165, 1.54) is 6.07 Å². The average molecular weight is 244 g/mol. The van der Waals surface area contributed by atoms with E-state index in [1.807, 2.05) is 19.9 Å². The maximum absolute atomic E-state index is 9.98. The molecule has 0 saturated heterocycles. The predicted octanol–water partition coefficient (Wildman–Crippen LogP) is 3.40. The van der Waals surface area contributed by atoms with Crippen molar-refractivity contribution in [2.24, 2.45) is 0 Å². The van der Waals surface area contributed by atoms with E-state index in [4.69, 9.17) is 0 Å². The molecule has 18 heavy (non-hydrogen) atoms. The Morgan fingerprint density at radius 2 is 1.00 bits per heavy atom. The Labute approximate surface area is 106 Å². The number of hydrogen-bond acceptors (Lipinski definition) is 3. The molecule has 0 spiro atoms.